The largest absolute Gasteiger partial charge is 0.336 e. The molecule has 0 aliphatic rings. The van der Waals surface area contributed by atoms with Crippen molar-refractivity contribution in [2.45, 2.75) is 19.9 Å². The minimum atomic E-state index is -0.939. The van der Waals surface area contributed by atoms with E-state index in [2.05, 4.69) is 5.32 Å². The lowest BCUT2D eigenvalue weighted by Crippen LogP contribution is -2.32. The van der Waals surface area contributed by atoms with Crippen LogP contribution < -0.4 is 5.32 Å². The Hall–Kier alpha value is -1.96. The zero-order valence-corrected chi connectivity index (χ0v) is 8.84. The molecule has 0 aromatic heterocycles. The van der Waals surface area contributed by atoms with Crippen LogP contribution in [0.2, 0.25) is 0 Å². The van der Waals surface area contributed by atoms with Crippen molar-refractivity contribution in [3.05, 3.63) is 34.9 Å². The fraction of sp³-hybridized carbons (Fsp3) is 0.273. The van der Waals surface area contributed by atoms with Gasteiger partial charge in [-0.3, -0.25) is 4.79 Å². The van der Waals surface area contributed by atoms with Crippen LogP contribution in [0.15, 0.2) is 12.1 Å². The first-order valence-electron chi connectivity index (χ1n) is 4.62. The van der Waals surface area contributed by atoms with E-state index >= 15 is 0 Å². The van der Waals surface area contributed by atoms with Crippen LogP contribution in [-0.4, -0.2) is 11.9 Å². The molecular weight excluding hydrogens is 214 g/mol. The van der Waals surface area contributed by atoms with Crippen LogP contribution in [0.4, 0.5) is 8.78 Å². The summed E-state index contributed by atoms with van der Waals surface area (Å²) in [5.74, 6) is -2.37. The molecule has 1 unspecified atom stereocenters. The molecule has 0 aliphatic heterocycles. The van der Waals surface area contributed by atoms with Gasteiger partial charge in [0.15, 0.2) is 0 Å². The van der Waals surface area contributed by atoms with E-state index in [-0.39, 0.29) is 11.1 Å². The molecule has 16 heavy (non-hydrogen) atoms. The molecule has 0 radical (unpaired) electrons. The highest BCUT2D eigenvalue weighted by Crippen LogP contribution is 2.14. The number of nitriles is 1. The van der Waals surface area contributed by atoms with E-state index in [4.69, 9.17) is 5.26 Å². The number of halogens is 2. The molecule has 5 heteroatoms. The Morgan fingerprint density at radius 1 is 1.44 bits per heavy atom. The fourth-order valence-electron chi connectivity index (χ4n) is 1.14. The molecule has 0 saturated heterocycles. The number of nitrogens with zero attached hydrogens (tertiary/aromatic N) is 1. The standard InChI is InChI=1S/C11H10F2N2O/c1-6-3-8(10(13)4-9(6)12)11(16)15-7(2)5-14/h3-4,7H,1-2H3,(H,15,16). The van der Waals surface area contributed by atoms with Crippen molar-refractivity contribution in [3.63, 3.8) is 0 Å². The highest BCUT2D eigenvalue weighted by Gasteiger charge is 2.15. The first kappa shape index (κ1) is 12.1. The molecule has 0 bridgehead atoms. The van der Waals surface area contributed by atoms with Crippen molar-refractivity contribution in [1.29, 1.82) is 5.26 Å². The van der Waals surface area contributed by atoms with Crippen LogP contribution in [-0.2, 0) is 0 Å². The molecule has 1 aromatic carbocycles. The average Bonchev–Trinajstić information content (AvgIpc) is 2.23. The van der Waals surface area contributed by atoms with Gasteiger partial charge in [0.05, 0.1) is 11.6 Å². The second kappa shape index (κ2) is 4.71. The van der Waals surface area contributed by atoms with Gasteiger partial charge < -0.3 is 5.32 Å². The van der Waals surface area contributed by atoms with Crippen LogP contribution >= 0.6 is 0 Å². The minimum Gasteiger partial charge on any atom is -0.336 e. The second-order valence-corrected chi connectivity index (χ2v) is 3.41. The Kier molecular flexibility index (Phi) is 3.56. The highest BCUT2D eigenvalue weighted by molar-refractivity contribution is 5.95. The second-order valence-electron chi connectivity index (χ2n) is 3.41. The summed E-state index contributed by atoms with van der Waals surface area (Å²) in [7, 11) is 0. The summed E-state index contributed by atoms with van der Waals surface area (Å²) in [6, 6.07) is 2.83. The van der Waals surface area contributed by atoms with Crippen molar-refractivity contribution in [2.24, 2.45) is 0 Å². The molecule has 3 nitrogen and oxygen atoms in total. The maximum absolute atomic E-state index is 13.3. The first-order valence-corrected chi connectivity index (χ1v) is 4.62. The van der Waals surface area contributed by atoms with Crippen LogP contribution in [0.25, 0.3) is 0 Å². The van der Waals surface area contributed by atoms with Crippen LogP contribution in [0.1, 0.15) is 22.8 Å². The predicted octanol–water partition coefficient (Wildman–Crippen LogP) is 1.92. The summed E-state index contributed by atoms with van der Waals surface area (Å²) < 4.78 is 26.2. The summed E-state index contributed by atoms with van der Waals surface area (Å²) in [4.78, 5) is 11.5. The fourth-order valence-corrected chi connectivity index (χ4v) is 1.14. The number of amides is 1. The van der Waals surface area contributed by atoms with Gasteiger partial charge >= 0.3 is 0 Å². The van der Waals surface area contributed by atoms with Gasteiger partial charge in [-0.2, -0.15) is 5.26 Å². The van der Waals surface area contributed by atoms with E-state index < -0.39 is 23.6 Å². The smallest absolute Gasteiger partial charge is 0.255 e. The number of benzene rings is 1. The minimum absolute atomic E-state index is 0.177. The Morgan fingerprint density at radius 2 is 2.06 bits per heavy atom. The third kappa shape index (κ3) is 2.54. The van der Waals surface area contributed by atoms with Gasteiger partial charge in [-0.25, -0.2) is 8.78 Å². The predicted molar refractivity (Wildman–Crippen MR) is 53.6 cm³/mol. The lowest BCUT2D eigenvalue weighted by atomic mass is 10.1. The van der Waals surface area contributed by atoms with Crippen LogP contribution in [0.3, 0.4) is 0 Å². The Balaban J connectivity index is 3.01. The molecule has 0 heterocycles. The zero-order chi connectivity index (χ0) is 12.3. The molecule has 1 rings (SSSR count). The SMILES string of the molecule is Cc1cc(C(=O)NC(C)C#N)c(F)cc1F. The van der Waals surface area contributed by atoms with Gasteiger partial charge in [0.2, 0.25) is 0 Å². The van der Waals surface area contributed by atoms with Crippen molar-refractivity contribution in [2.75, 3.05) is 0 Å². The topological polar surface area (TPSA) is 52.9 Å². The van der Waals surface area contributed by atoms with Gasteiger partial charge in [0.1, 0.15) is 17.7 Å². The molecule has 1 aromatic rings. The molecule has 0 aliphatic carbocycles. The molecule has 1 amide bonds. The Bertz CT molecular complexity index is 466. The summed E-state index contributed by atoms with van der Waals surface area (Å²) >= 11 is 0. The summed E-state index contributed by atoms with van der Waals surface area (Å²) in [5, 5.41) is 10.8. The summed E-state index contributed by atoms with van der Waals surface area (Å²) in [6.07, 6.45) is 0. The number of carbonyl (C=O) groups excluding carboxylic acids is 1. The molecule has 84 valence electrons. The lowest BCUT2D eigenvalue weighted by Gasteiger charge is -2.08. The quantitative estimate of drug-likeness (QED) is 0.834. The monoisotopic (exact) mass is 224 g/mol. The van der Waals surface area contributed by atoms with Crippen LogP contribution in [0, 0.1) is 29.9 Å². The molecular formula is C11H10F2N2O. The number of hydrogen-bond acceptors (Lipinski definition) is 2. The number of rotatable bonds is 2. The zero-order valence-electron chi connectivity index (χ0n) is 8.84. The third-order valence-electron chi connectivity index (χ3n) is 2.03. The van der Waals surface area contributed by atoms with Crippen molar-refractivity contribution in [1.82, 2.24) is 5.32 Å². The molecule has 1 N–H and O–H groups in total. The Labute approximate surface area is 91.7 Å². The van der Waals surface area contributed by atoms with E-state index in [9.17, 15) is 13.6 Å². The summed E-state index contributed by atoms with van der Waals surface area (Å²) in [5.41, 5.74) is -0.0860. The number of hydrogen-bond donors (Lipinski definition) is 1. The van der Waals surface area contributed by atoms with Crippen LogP contribution in [0.5, 0.6) is 0 Å². The van der Waals surface area contributed by atoms with Gasteiger partial charge in [-0.05, 0) is 25.5 Å². The third-order valence-corrected chi connectivity index (χ3v) is 2.03. The molecule has 0 spiro atoms. The Morgan fingerprint density at radius 3 is 2.62 bits per heavy atom. The van der Waals surface area contributed by atoms with E-state index in [1.165, 1.54) is 13.8 Å². The average molecular weight is 224 g/mol. The van der Waals surface area contributed by atoms with Crippen molar-refractivity contribution in [3.8, 4) is 6.07 Å². The van der Waals surface area contributed by atoms with Gasteiger partial charge in [-0.1, -0.05) is 0 Å². The number of carbonyl (C=O) groups is 1. The van der Waals surface area contributed by atoms with Gasteiger partial charge in [0.25, 0.3) is 5.91 Å². The molecule has 1 atom stereocenters. The molecule has 0 fully saturated rings. The highest BCUT2D eigenvalue weighted by atomic mass is 19.1. The molecule has 0 saturated carbocycles. The summed E-state index contributed by atoms with van der Waals surface area (Å²) in [6.45, 7) is 2.89. The van der Waals surface area contributed by atoms with Crippen molar-refractivity contribution < 1.29 is 13.6 Å². The van der Waals surface area contributed by atoms with E-state index in [0.717, 1.165) is 6.07 Å². The van der Waals surface area contributed by atoms with Gasteiger partial charge in [0, 0.05) is 6.07 Å². The van der Waals surface area contributed by atoms with Crippen molar-refractivity contribution >= 4 is 5.91 Å². The lowest BCUT2D eigenvalue weighted by molar-refractivity contribution is 0.0943. The van der Waals surface area contributed by atoms with E-state index in [1.54, 1.807) is 6.07 Å². The van der Waals surface area contributed by atoms with E-state index in [0.29, 0.717) is 6.07 Å². The normalized spacial score (nSPS) is 11.7. The first-order chi connectivity index (χ1) is 7.45. The van der Waals surface area contributed by atoms with Gasteiger partial charge in [-0.15, -0.1) is 0 Å². The van der Waals surface area contributed by atoms with E-state index in [1.807, 2.05) is 0 Å². The maximum Gasteiger partial charge on any atom is 0.255 e. The number of nitrogens with one attached hydrogen (secondary N) is 1. The number of aryl methyl sites for hydroxylation is 1. The maximum atomic E-state index is 13.3.